The van der Waals surface area contributed by atoms with Gasteiger partial charge >= 0.3 is 0 Å². The van der Waals surface area contributed by atoms with Crippen LogP contribution >= 0.6 is 11.6 Å². The van der Waals surface area contributed by atoms with Crippen LogP contribution in [0.25, 0.3) is 16.8 Å². The summed E-state index contributed by atoms with van der Waals surface area (Å²) >= 11 is 6.51. The molecule has 0 aliphatic carbocycles. The van der Waals surface area contributed by atoms with Crippen LogP contribution in [0.2, 0.25) is 5.02 Å². The van der Waals surface area contributed by atoms with Gasteiger partial charge in [-0.1, -0.05) is 11.6 Å². The summed E-state index contributed by atoms with van der Waals surface area (Å²) < 4.78 is 42.1. The lowest BCUT2D eigenvalue weighted by atomic mass is 9.90. The number of rotatable bonds is 4. The summed E-state index contributed by atoms with van der Waals surface area (Å²) in [5.41, 5.74) is 1.26. The molecule has 10 heteroatoms. The van der Waals surface area contributed by atoms with Crippen molar-refractivity contribution in [3.05, 3.63) is 98.2 Å². The molecule has 1 aliphatic rings. The molecule has 0 bridgehead atoms. The number of hydrogen-bond donors (Lipinski definition) is 3. The molecule has 186 valence electrons. The van der Waals surface area contributed by atoms with Crippen LogP contribution in [-0.4, -0.2) is 41.1 Å². The maximum atomic E-state index is 14.5. The number of aromatic nitrogens is 1. The molecule has 1 atom stereocenters. The first-order valence-corrected chi connectivity index (χ1v) is 11.4. The second kappa shape index (κ2) is 10.0. The topological polar surface area (TPSA) is 89.1 Å². The molecule has 2 heterocycles. The number of carbonyl (C=O) groups is 1. The van der Waals surface area contributed by atoms with Crippen LogP contribution in [0.1, 0.15) is 29.3 Å². The van der Waals surface area contributed by atoms with E-state index in [0.29, 0.717) is 16.8 Å². The average Bonchev–Trinajstić information content (AvgIpc) is 2.82. The summed E-state index contributed by atoms with van der Waals surface area (Å²) in [6.45, 7) is 1.80. The largest absolute Gasteiger partial charge is 0.387 e. The van der Waals surface area contributed by atoms with Crippen molar-refractivity contribution in [1.82, 2.24) is 15.2 Å². The van der Waals surface area contributed by atoms with Gasteiger partial charge in [-0.25, -0.2) is 13.2 Å². The molecule has 4 rings (SSSR count). The first-order chi connectivity index (χ1) is 17.1. The Morgan fingerprint density at radius 2 is 1.78 bits per heavy atom. The quantitative estimate of drug-likeness (QED) is 0.458. The molecule has 3 aromatic rings. The average molecular weight is 515 g/mol. The second-order valence-electron chi connectivity index (χ2n) is 8.36. The van der Waals surface area contributed by atoms with Crippen molar-refractivity contribution in [3.8, 4) is 11.1 Å². The second-order valence-corrected chi connectivity index (χ2v) is 8.73. The van der Waals surface area contributed by atoms with Gasteiger partial charge in [0.25, 0.3) is 5.91 Å². The van der Waals surface area contributed by atoms with Gasteiger partial charge in [-0.05, 0) is 49.2 Å². The third-order valence-electron chi connectivity index (χ3n) is 6.13. The summed E-state index contributed by atoms with van der Waals surface area (Å²) in [6, 6.07) is 7.33. The van der Waals surface area contributed by atoms with Gasteiger partial charge in [-0.3, -0.25) is 9.59 Å². The number of pyridine rings is 1. The predicted octanol–water partition coefficient (Wildman–Crippen LogP) is 5.00. The predicted molar refractivity (Wildman–Crippen MR) is 133 cm³/mol. The van der Waals surface area contributed by atoms with E-state index < -0.39 is 35.0 Å². The van der Waals surface area contributed by atoms with Crippen molar-refractivity contribution < 1.29 is 18.0 Å². The minimum absolute atomic E-state index is 0.0155. The molecule has 1 aromatic heterocycles. The lowest BCUT2D eigenvalue weighted by Crippen LogP contribution is -2.48. The number of nitrogens with zero attached hydrogens (tertiary/aromatic N) is 1. The van der Waals surface area contributed by atoms with Gasteiger partial charge in [-0.15, -0.1) is 0 Å². The maximum absolute atomic E-state index is 14.5. The van der Waals surface area contributed by atoms with Crippen LogP contribution in [-0.2, 0) is 0 Å². The van der Waals surface area contributed by atoms with E-state index >= 15 is 0 Å². The van der Waals surface area contributed by atoms with Crippen LogP contribution in [0.4, 0.5) is 13.2 Å². The summed E-state index contributed by atoms with van der Waals surface area (Å²) in [4.78, 5) is 29.0. The van der Waals surface area contributed by atoms with Crippen LogP contribution < -0.4 is 10.9 Å². The Hall–Kier alpha value is -3.85. The van der Waals surface area contributed by atoms with Crippen molar-refractivity contribution in [2.24, 2.45) is 0 Å². The van der Waals surface area contributed by atoms with Gasteiger partial charge in [0, 0.05) is 54.3 Å². The highest BCUT2D eigenvalue weighted by atomic mass is 35.5. The number of aromatic amines is 1. The minimum atomic E-state index is -0.748. The van der Waals surface area contributed by atoms with Crippen molar-refractivity contribution >= 4 is 28.9 Å². The Labute approximate surface area is 209 Å². The molecule has 1 aliphatic heterocycles. The molecule has 1 saturated heterocycles. The normalized spacial score (nSPS) is 17.2. The molecule has 0 radical (unpaired) electrons. The standard InChI is InChI=1S/C26H22ClF3N4O2/c1-13-24(31)19(25(32-2)15-7-16(28)10-17(29)8-15)4-6-34(13)26(36)21-12-18(30)11-20(23(21)27)14-3-5-33-22(35)9-14/h3,5,7-13,31-32H,4,6H2,1-2H3,(H,33,35)/b25-19-,31-24?/t13-/m0/s1. The van der Waals surface area contributed by atoms with Gasteiger partial charge < -0.3 is 20.6 Å². The van der Waals surface area contributed by atoms with E-state index in [-0.39, 0.29) is 40.4 Å². The highest BCUT2D eigenvalue weighted by Gasteiger charge is 2.34. The molecule has 0 spiro atoms. The molecule has 0 unspecified atom stereocenters. The minimum Gasteiger partial charge on any atom is -0.387 e. The zero-order valence-electron chi connectivity index (χ0n) is 19.4. The van der Waals surface area contributed by atoms with E-state index in [9.17, 15) is 22.8 Å². The number of piperidine rings is 1. The fourth-order valence-corrected chi connectivity index (χ4v) is 4.69. The first-order valence-electron chi connectivity index (χ1n) is 11.1. The molecule has 0 saturated carbocycles. The van der Waals surface area contributed by atoms with Crippen molar-refractivity contribution in [2.75, 3.05) is 13.6 Å². The van der Waals surface area contributed by atoms with Crippen molar-refractivity contribution in [3.63, 3.8) is 0 Å². The Morgan fingerprint density at radius 1 is 1.11 bits per heavy atom. The molecule has 6 nitrogen and oxygen atoms in total. The molecule has 2 aromatic carbocycles. The van der Waals surface area contributed by atoms with Crippen molar-refractivity contribution in [2.45, 2.75) is 19.4 Å². The monoisotopic (exact) mass is 514 g/mol. The number of benzene rings is 2. The third kappa shape index (κ3) is 4.79. The molecular weight excluding hydrogens is 493 g/mol. The maximum Gasteiger partial charge on any atom is 0.256 e. The lowest BCUT2D eigenvalue weighted by molar-refractivity contribution is 0.0728. The van der Waals surface area contributed by atoms with Gasteiger partial charge in [0.15, 0.2) is 0 Å². The van der Waals surface area contributed by atoms with Gasteiger partial charge in [0.1, 0.15) is 17.5 Å². The first kappa shape index (κ1) is 25.2. The summed E-state index contributed by atoms with van der Waals surface area (Å²) in [7, 11) is 1.59. The summed E-state index contributed by atoms with van der Waals surface area (Å²) in [5.74, 6) is -2.78. The fourth-order valence-electron chi connectivity index (χ4n) is 4.40. The Kier molecular flexibility index (Phi) is 7.03. The number of H-pyrrole nitrogens is 1. The van der Waals surface area contributed by atoms with E-state index in [2.05, 4.69) is 10.3 Å². The number of hydrogen-bond acceptors (Lipinski definition) is 4. The molecule has 1 amide bonds. The number of carbonyl (C=O) groups excluding carboxylic acids is 1. The smallest absolute Gasteiger partial charge is 0.256 e. The summed E-state index contributed by atoms with van der Waals surface area (Å²) in [6.07, 6.45) is 1.61. The van der Waals surface area contributed by atoms with E-state index in [4.69, 9.17) is 17.0 Å². The lowest BCUT2D eigenvalue weighted by Gasteiger charge is -2.36. The van der Waals surface area contributed by atoms with Crippen LogP contribution in [0.5, 0.6) is 0 Å². The van der Waals surface area contributed by atoms with Crippen LogP contribution in [0, 0.1) is 22.9 Å². The van der Waals surface area contributed by atoms with Gasteiger partial charge in [0.2, 0.25) is 5.56 Å². The number of likely N-dealkylation sites (tertiary alicyclic amines) is 1. The van der Waals surface area contributed by atoms with Gasteiger partial charge in [-0.2, -0.15) is 0 Å². The van der Waals surface area contributed by atoms with E-state index in [1.54, 1.807) is 20.0 Å². The molecular formula is C26H22ClF3N4O2. The number of halogens is 4. The van der Waals surface area contributed by atoms with Crippen molar-refractivity contribution in [1.29, 1.82) is 5.41 Å². The highest BCUT2D eigenvalue weighted by molar-refractivity contribution is 6.36. The van der Waals surface area contributed by atoms with Crippen LogP contribution in [0.3, 0.4) is 0 Å². The Bertz CT molecular complexity index is 1450. The van der Waals surface area contributed by atoms with Crippen LogP contribution in [0.15, 0.2) is 59.0 Å². The number of nitrogens with one attached hydrogen (secondary N) is 3. The highest BCUT2D eigenvalue weighted by Crippen LogP contribution is 2.34. The van der Waals surface area contributed by atoms with Gasteiger partial charge in [0.05, 0.1) is 22.3 Å². The molecule has 1 fully saturated rings. The third-order valence-corrected chi connectivity index (χ3v) is 6.54. The zero-order valence-corrected chi connectivity index (χ0v) is 20.1. The summed E-state index contributed by atoms with van der Waals surface area (Å²) in [5, 5.41) is 11.6. The fraction of sp³-hybridized carbons (Fsp3) is 0.192. The Morgan fingerprint density at radius 3 is 2.42 bits per heavy atom. The Balaban J connectivity index is 1.69. The number of amides is 1. The zero-order chi connectivity index (χ0) is 26.1. The van der Waals surface area contributed by atoms with E-state index in [1.165, 1.54) is 29.3 Å². The molecule has 3 N–H and O–H groups in total. The van der Waals surface area contributed by atoms with E-state index in [1.807, 2.05) is 0 Å². The SMILES string of the molecule is CN/C(=C1/CCN(C(=O)c2cc(F)cc(-c3cc[nH]c(=O)c3)c2Cl)[C@@H](C)C1=N)c1cc(F)cc(F)c1. The molecule has 36 heavy (non-hydrogen) atoms. The van der Waals surface area contributed by atoms with E-state index in [0.717, 1.165) is 18.2 Å².